The first kappa shape index (κ1) is 15.2. The van der Waals surface area contributed by atoms with Crippen LogP contribution in [-0.4, -0.2) is 25.8 Å². The van der Waals surface area contributed by atoms with Crippen LogP contribution in [0.15, 0.2) is 59.5 Å². The molecular formula is C16H13BrN4O2. The zero-order chi connectivity index (χ0) is 16.2. The number of hydrogen-bond acceptors (Lipinski definition) is 4. The molecule has 0 atom stereocenters. The number of aromatic nitrogens is 3. The number of carbonyl (C=O) groups is 1. The second-order valence-electron chi connectivity index (χ2n) is 4.82. The third-order valence-electron chi connectivity index (χ3n) is 3.21. The van der Waals surface area contributed by atoms with Crippen molar-refractivity contribution in [1.29, 1.82) is 0 Å². The summed E-state index contributed by atoms with van der Waals surface area (Å²) >= 11 is 3.24. The summed E-state index contributed by atoms with van der Waals surface area (Å²) in [6.45, 7) is 0.325. The van der Waals surface area contributed by atoms with Crippen LogP contribution >= 0.6 is 15.9 Å². The van der Waals surface area contributed by atoms with E-state index in [4.69, 9.17) is 0 Å². The number of aromatic hydroxyl groups is 1. The fourth-order valence-electron chi connectivity index (χ4n) is 2.07. The van der Waals surface area contributed by atoms with Gasteiger partial charge in [-0.2, -0.15) is 5.10 Å². The highest BCUT2D eigenvalue weighted by Gasteiger charge is 2.11. The van der Waals surface area contributed by atoms with E-state index in [0.29, 0.717) is 16.8 Å². The molecule has 0 aliphatic carbocycles. The molecule has 0 aliphatic heterocycles. The molecule has 0 bridgehead atoms. The van der Waals surface area contributed by atoms with Crippen LogP contribution in [0.25, 0.3) is 5.82 Å². The molecule has 0 saturated carbocycles. The van der Waals surface area contributed by atoms with Gasteiger partial charge in [-0.05, 0) is 42.0 Å². The van der Waals surface area contributed by atoms with Crippen LogP contribution in [0.1, 0.15) is 15.9 Å². The van der Waals surface area contributed by atoms with Crippen LogP contribution in [0.4, 0.5) is 0 Å². The van der Waals surface area contributed by atoms with E-state index < -0.39 is 0 Å². The van der Waals surface area contributed by atoms with Gasteiger partial charge in [-0.1, -0.05) is 15.9 Å². The monoisotopic (exact) mass is 372 g/mol. The number of phenolic OH excluding ortho intramolecular Hbond substituents is 1. The number of phenols is 1. The molecule has 116 valence electrons. The van der Waals surface area contributed by atoms with Gasteiger partial charge in [0.15, 0.2) is 5.82 Å². The van der Waals surface area contributed by atoms with E-state index in [1.807, 2.05) is 18.2 Å². The molecule has 1 aromatic carbocycles. The normalized spacial score (nSPS) is 10.5. The molecule has 0 fully saturated rings. The quantitative estimate of drug-likeness (QED) is 0.737. The minimum absolute atomic E-state index is 0.0659. The van der Waals surface area contributed by atoms with Crippen LogP contribution < -0.4 is 5.32 Å². The number of halogens is 1. The van der Waals surface area contributed by atoms with Crippen molar-refractivity contribution in [1.82, 2.24) is 20.1 Å². The second kappa shape index (κ2) is 6.62. The lowest BCUT2D eigenvalue weighted by atomic mass is 10.2. The molecule has 3 rings (SSSR count). The summed E-state index contributed by atoms with van der Waals surface area (Å²) in [6.07, 6.45) is 5.13. The topological polar surface area (TPSA) is 80.0 Å². The van der Waals surface area contributed by atoms with Crippen molar-refractivity contribution in [2.24, 2.45) is 0 Å². The maximum absolute atomic E-state index is 12.1. The van der Waals surface area contributed by atoms with Gasteiger partial charge in [-0.3, -0.25) is 4.79 Å². The Hall–Kier alpha value is -2.67. The van der Waals surface area contributed by atoms with Gasteiger partial charge in [0.2, 0.25) is 0 Å². The molecule has 3 aromatic rings. The van der Waals surface area contributed by atoms with E-state index >= 15 is 0 Å². The van der Waals surface area contributed by atoms with Gasteiger partial charge >= 0.3 is 0 Å². The third-order valence-corrected chi connectivity index (χ3v) is 3.70. The first-order chi connectivity index (χ1) is 11.1. The van der Waals surface area contributed by atoms with Gasteiger partial charge in [-0.25, -0.2) is 9.67 Å². The molecule has 7 heteroatoms. The number of nitrogens with one attached hydrogen (secondary N) is 1. The van der Waals surface area contributed by atoms with Crippen LogP contribution in [0.5, 0.6) is 5.75 Å². The number of hydrogen-bond donors (Lipinski definition) is 2. The molecular weight excluding hydrogens is 360 g/mol. The molecule has 0 aliphatic rings. The van der Waals surface area contributed by atoms with Crippen molar-refractivity contribution >= 4 is 21.8 Å². The predicted octanol–water partition coefficient (Wildman–Crippen LogP) is 2.67. The highest BCUT2D eigenvalue weighted by Crippen LogP contribution is 2.22. The van der Waals surface area contributed by atoms with E-state index in [0.717, 1.165) is 5.56 Å². The summed E-state index contributed by atoms with van der Waals surface area (Å²) in [4.78, 5) is 16.4. The Balaban J connectivity index is 1.71. The number of carbonyl (C=O) groups excluding carboxylic acids is 1. The zero-order valence-corrected chi connectivity index (χ0v) is 13.6. The minimum Gasteiger partial charge on any atom is -0.507 e. The van der Waals surface area contributed by atoms with Crippen LogP contribution in [-0.2, 0) is 6.54 Å². The summed E-state index contributed by atoms with van der Waals surface area (Å²) in [5.41, 5.74) is 1.12. The van der Waals surface area contributed by atoms with Gasteiger partial charge in [0, 0.05) is 29.6 Å². The summed E-state index contributed by atoms with van der Waals surface area (Å²) in [7, 11) is 0. The highest BCUT2D eigenvalue weighted by molar-refractivity contribution is 9.10. The Labute approximate surface area is 140 Å². The fourth-order valence-corrected chi connectivity index (χ4v) is 2.42. The molecule has 0 spiro atoms. The maximum atomic E-state index is 12.1. The molecule has 0 radical (unpaired) electrons. The number of benzene rings is 1. The van der Waals surface area contributed by atoms with Crippen LogP contribution in [0.3, 0.4) is 0 Å². The van der Waals surface area contributed by atoms with Gasteiger partial charge in [0.05, 0.1) is 5.56 Å². The lowest BCUT2D eigenvalue weighted by molar-refractivity contribution is 0.0948. The highest BCUT2D eigenvalue weighted by atomic mass is 79.9. The summed E-state index contributed by atoms with van der Waals surface area (Å²) in [6, 6.07) is 10.2. The van der Waals surface area contributed by atoms with Crippen molar-refractivity contribution in [3.63, 3.8) is 0 Å². The fraction of sp³-hybridized carbons (Fsp3) is 0.0625. The smallest absolute Gasteiger partial charge is 0.255 e. The second-order valence-corrected chi connectivity index (χ2v) is 5.73. The van der Waals surface area contributed by atoms with Crippen molar-refractivity contribution in [3.8, 4) is 11.6 Å². The third kappa shape index (κ3) is 3.57. The largest absolute Gasteiger partial charge is 0.507 e. The molecule has 0 saturated heterocycles. The first-order valence-corrected chi connectivity index (χ1v) is 7.64. The van der Waals surface area contributed by atoms with E-state index in [-0.39, 0.29) is 17.2 Å². The maximum Gasteiger partial charge on any atom is 0.255 e. The lowest BCUT2D eigenvalue weighted by Gasteiger charge is -2.08. The SMILES string of the molecule is O=C(NCc1ccnc(-n2cccn2)c1)c1ccc(Br)cc1O. The predicted molar refractivity (Wildman–Crippen MR) is 88.3 cm³/mol. The molecule has 2 heterocycles. The number of nitrogens with zero attached hydrogens (tertiary/aromatic N) is 3. The Morgan fingerprint density at radius 3 is 2.87 bits per heavy atom. The summed E-state index contributed by atoms with van der Waals surface area (Å²) in [5.74, 6) is 0.268. The van der Waals surface area contributed by atoms with Crippen molar-refractivity contribution in [2.75, 3.05) is 0 Å². The molecule has 0 unspecified atom stereocenters. The minimum atomic E-state index is -0.340. The number of rotatable bonds is 4. The van der Waals surface area contributed by atoms with Crippen LogP contribution in [0.2, 0.25) is 0 Å². The summed E-state index contributed by atoms with van der Waals surface area (Å²) in [5, 5.41) is 16.7. The molecule has 1 amide bonds. The average molecular weight is 373 g/mol. The van der Waals surface area contributed by atoms with Crippen molar-refractivity contribution < 1.29 is 9.90 Å². The van der Waals surface area contributed by atoms with Gasteiger partial charge < -0.3 is 10.4 Å². The Morgan fingerprint density at radius 1 is 1.26 bits per heavy atom. The van der Waals surface area contributed by atoms with E-state index in [9.17, 15) is 9.90 Å². The molecule has 2 N–H and O–H groups in total. The van der Waals surface area contributed by atoms with Gasteiger partial charge in [0.25, 0.3) is 5.91 Å². The van der Waals surface area contributed by atoms with Crippen LogP contribution in [0, 0.1) is 0 Å². The standard InChI is InChI=1S/C16H13BrN4O2/c17-12-2-3-13(14(22)9-12)16(23)19-10-11-4-6-18-15(8-11)21-7-1-5-20-21/h1-9,22H,10H2,(H,19,23). The first-order valence-electron chi connectivity index (χ1n) is 6.85. The van der Waals surface area contributed by atoms with E-state index in [2.05, 4.69) is 31.3 Å². The number of pyridine rings is 1. The van der Waals surface area contributed by atoms with Crippen molar-refractivity contribution in [3.05, 3.63) is 70.6 Å². The van der Waals surface area contributed by atoms with Crippen molar-refractivity contribution in [2.45, 2.75) is 6.54 Å². The van der Waals surface area contributed by atoms with E-state index in [1.54, 1.807) is 35.4 Å². The lowest BCUT2D eigenvalue weighted by Crippen LogP contribution is -2.23. The Morgan fingerprint density at radius 2 is 2.13 bits per heavy atom. The van der Waals surface area contributed by atoms with E-state index in [1.165, 1.54) is 6.07 Å². The molecule has 6 nitrogen and oxygen atoms in total. The van der Waals surface area contributed by atoms with Gasteiger partial charge in [-0.15, -0.1) is 0 Å². The Bertz CT molecular complexity index is 834. The summed E-state index contributed by atoms with van der Waals surface area (Å²) < 4.78 is 2.36. The number of amides is 1. The van der Waals surface area contributed by atoms with Gasteiger partial charge in [0.1, 0.15) is 5.75 Å². The molecule has 2 aromatic heterocycles. The zero-order valence-electron chi connectivity index (χ0n) is 12.0. The molecule has 23 heavy (non-hydrogen) atoms. The Kier molecular flexibility index (Phi) is 4.38. The average Bonchev–Trinajstić information content (AvgIpc) is 3.07.